The van der Waals surface area contributed by atoms with Gasteiger partial charge in [-0.15, -0.1) is 0 Å². The lowest BCUT2D eigenvalue weighted by Crippen LogP contribution is -2.39. The number of Topliss-reactive ketones (excluding diaryl/α,β-unsaturated/α-hetero) is 2. The Morgan fingerprint density at radius 1 is 1.18 bits per heavy atom. The van der Waals surface area contributed by atoms with Crippen molar-refractivity contribution in [2.24, 2.45) is 11.8 Å². The predicted octanol–water partition coefficient (Wildman–Crippen LogP) is 2.11. The molecule has 1 saturated heterocycles. The Morgan fingerprint density at radius 2 is 1.82 bits per heavy atom. The smallest absolute Gasteiger partial charge is 0.234 e. The molecule has 28 heavy (non-hydrogen) atoms. The number of carbonyl (C=O) groups excluding carboxylic acids is 4. The van der Waals surface area contributed by atoms with Crippen LogP contribution in [0.15, 0.2) is 0 Å². The van der Waals surface area contributed by atoms with Crippen LogP contribution in [0.5, 0.6) is 0 Å². The van der Waals surface area contributed by atoms with E-state index in [1.807, 2.05) is 34.0 Å². The number of ketones is 2. The highest BCUT2D eigenvalue weighted by Gasteiger charge is 2.46. The minimum atomic E-state index is -0.381. The third kappa shape index (κ3) is 7.64. The van der Waals surface area contributed by atoms with Gasteiger partial charge in [0.05, 0.1) is 25.7 Å². The molecule has 1 atom stereocenters. The van der Waals surface area contributed by atoms with E-state index in [-0.39, 0.29) is 66.0 Å². The number of hydrogen-bond donors (Lipinski definition) is 0. The molecule has 0 bridgehead atoms. The van der Waals surface area contributed by atoms with Crippen molar-refractivity contribution in [1.82, 2.24) is 4.90 Å². The number of amides is 2. The van der Waals surface area contributed by atoms with E-state index in [1.165, 1.54) is 0 Å². The molecule has 0 aromatic rings. The first-order valence-electron chi connectivity index (χ1n) is 9.69. The van der Waals surface area contributed by atoms with Crippen molar-refractivity contribution in [3.63, 3.8) is 0 Å². The summed E-state index contributed by atoms with van der Waals surface area (Å²) in [7, 11) is 0. The molecular weight excluding hydrogens is 382 g/mol. The molecule has 7 nitrogen and oxygen atoms in total. The fourth-order valence-electron chi connectivity index (χ4n) is 2.72. The Balaban J connectivity index is 2.21. The van der Waals surface area contributed by atoms with E-state index < -0.39 is 0 Å². The van der Waals surface area contributed by atoms with Crippen molar-refractivity contribution in [1.29, 1.82) is 0 Å². The summed E-state index contributed by atoms with van der Waals surface area (Å²) in [5.74, 6) is -1.03. The first-order chi connectivity index (χ1) is 13.1. The number of likely N-dealkylation sites (tertiary alicyclic amines) is 1. The van der Waals surface area contributed by atoms with Crippen LogP contribution in [0.1, 0.15) is 47.0 Å². The maximum Gasteiger partial charge on any atom is 0.234 e. The van der Waals surface area contributed by atoms with Gasteiger partial charge in [0.15, 0.2) is 11.6 Å². The van der Waals surface area contributed by atoms with Crippen LogP contribution in [0.2, 0.25) is 0 Å². The molecule has 1 aliphatic rings. The molecule has 0 aromatic heterocycles. The normalized spacial score (nSPS) is 17.6. The molecular formula is C20H33NO6S. The molecule has 1 fully saturated rings. The Labute approximate surface area is 171 Å². The predicted molar refractivity (Wildman–Crippen MR) is 108 cm³/mol. The first-order valence-corrected chi connectivity index (χ1v) is 10.9. The van der Waals surface area contributed by atoms with Crippen LogP contribution in [0.25, 0.3) is 0 Å². The van der Waals surface area contributed by atoms with Gasteiger partial charge in [0.2, 0.25) is 11.8 Å². The van der Waals surface area contributed by atoms with Crippen LogP contribution >= 0.6 is 11.8 Å². The van der Waals surface area contributed by atoms with Gasteiger partial charge in [-0.1, -0.05) is 13.8 Å². The minimum absolute atomic E-state index is 0.0385. The zero-order valence-electron chi connectivity index (χ0n) is 17.6. The molecule has 1 aliphatic heterocycles. The van der Waals surface area contributed by atoms with Crippen LogP contribution in [0, 0.1) is 11.8 Å². The molecule has 0 saturated carbocycles. The van der Waals surface area contributed by atoms with Gasteiger partial charge >= 0.3 is 0 Å². The van der Waals surface area contributed by atoms with Crippen LogP contribution in [0.4, 0.5) is 0 Å². The SMILES string of the molecule is CSC(C)(C)C1CC(=O)N(CC(=O)CCCOCCOCC(=O)C(C)C)C1=O. The quantitative estimate of drug-likeness (QED) is 0.317. The molecule has 1 rings (SSSR count). The highest BCUT2D eigenvalue weighted by Crippen LogP contribution is 2.37. The van der Waals surface area contributed by atoms with Gasteiger partial charge in [0.25, 0.3) is 0 Å². The van der Waals surface area contributed by atoms with Crippen molar-refractivity contribution >= 4 is 35.1 Å². The van der Waals surface area contributed by atoms with Gasteiger partial charge in [-0.05, 0) is 26.5 Å². The highest BCUT2D eigenvalue weighted by molar-refractivity contribution is 8.00. The summed E-state index contributed by atoms with van der Waals surface area (Å²) in [6, 6.07) is 0. The maximum atomic E-state index is 12.5. The number of rotatable bonds is 14. The zero-order chi connectivity index (χ0) is 21.3. The molecule has 1 unspecified atom stereocenters. The minimum Gasteiger partial charge on any atom is -0.379 e. The lowest BCUT2D eigenvalue weighted by molar-refractivity contribution is -0.143. The monoisotopic (exact) mass is 415 g/mol. The Hall–Kier alpha value is -1.25. The summed E-state index contributed by atoms with van der Waals surface area (Å²) < 4.78 is 10.3. The van der Waals surface area contributed by atoms with Crippen LogP contribution < -0.4 is 0 Å². The lowest BCUT2D eigenvalue weighted by atomic mass is 9.93. The van der Waals surface area contributed by atoms with E-state index in [1.54, 1.807) is 11.8 Å². The summed E-state index contributed by atoms with van der Waals surface area (Å²) in [6.45, 7) is 8.54. The summed E-state index contributed by atoms with van der Waals surface area (Å²) in [5.41, 5.74) is 0. The average molecular weight is 416 g/mol. The number of nitrogens with zero attached hydrogens (tertiary/aromatic N) is 1. The second kappa shape index (κ2) is 11.7. The van der Waals surface area contributed by atoms with Gasteiger partial charge in [0, 0.05) is 30.1 Å². The fourth-order valence-corrected chi connectivity index (χ4v) is 3.19. The average Bonchev–Trinajstić information content (AvgIpc) is 2.92. The van der Waals surface area contributed by atoms with E-state index in [2.05, 4.69) is 0 Å². The summed E-state index contributed by atoms with van der Waals surface area (Å²) in [6.07, 6.45) is 2.85. The maximum absolute atomic E-state index is 12.5. The summed E-state index contributed by atoms with van der Waals surface area (Å²) in [4.78, 5) is 49.2. The van der Waals surface area contributed by atoms with Crippen LogP contribution in [0.3, 0.4) is 0 Å². The van der Waals surface area contributed by atoms with Crippen LogP contribution in [-0.4, -0.2) is 72.3 Å². The first kappa shape index (κ1) is 24.8. The molecule has 1 heterocycles. The Bertz CT molecular complexity index is 575. The van der Waals surface area contributed by atoms with Crippen molar-refractivity contribution < 1.29 is 28.7 Å². The molecule has 0 N–H and O–H groups in total. The summed E-state index contributed by atoms with van der Waals surface area (Å²) in [5, 5.41) is 0. The number of thioether (sulfide) groups is 1. The molecule has 8 heteroatoms. The second-order valence-corrected chi connectivity index (χ2v) is 9.27. The molecule has 0 radical (unpaired) electrons. The Kier molecular flexibility index (Phi) is 10.3. The number of imide groups is 1. The second-order valence-electron chi connectivity index (χ2n) is 7.81. The standard InChI is InChI=1S/C20H33NO6S/c1-14(2)17(23)13-27-10-9-26-8-6-7-15(22)12-21-18(24)11-16(19(21)25)20(3,4)28-5/h14,16H,6-13H2,1-5H3. The number of carbonyl (C=O) groups is 4. The third-order valence-corrected chi connectivity index (χ3v) is 6.28. The van der Waals surface area contributed by atoms with E-state index in [0.717, 1.165) is 4.90 Å². The molecule has 0 aromatic carbocycles. The number of ether oxygens (including phenoxy) is 2. The van der Waals surface area contributed by atoms with Gasteiger partial charge in [0.1, 0.15) is 6.61 Å². The van der Waals surface area contributed by atoms with Gasteiger partial charge in [-0.25, -0.2) is 0 Å². The van der Waals surface area contributed by atoms with E-state index in [9.17, 15) is 19.2 Å². The van der Waals surface area contributed by atoms with Crippen molar-refractivity contribution in [2.75, 3.05) is 39.2 Å². The van der Waals surface area contributed by atoms with E-state index in [4.69, 9.17) is 9.47 Å². The van der Waals surface area contributed by atoms with E-state index in [0.29, 0.717) is 26.2 Å². The zero-order valence-corrected chi connectivity index (χ0v) is 18.4. The van der Waals surface area contributed by atoms with Crippen molar-refractivity contribution in [2.45, 2.75) is 51.7 Å². The largest absolute Gasteiger partial charge is 0.379 e. The highest BCUT2D eigenvalue weighted by atomic mass is 32.2. The Morgan fingerprint density at radius 3 is 2.43 bits per heavy atom. The van der Waals surface area contributed by atoms with Crippen molar-refractivity contribution in [3.8, 4) is 0 Å². The van der Waals surface area contributed by atoms with Gasteiger partial charge in [-0.2, -0.15) is 11.8 Å². The lowest BCUT2D eigenvalue weighted by Gasteiger charge is -2.27. The van der Waals surface area contributed by atoms with Gasteiger partial charge < -0.3 is 9.47 Å². The molecule has 0 aliphatic carbocycles. The summed E-state index contributed by atoms with van der Waals surface area (Å²) >= 11 is 1.55. The van der Waals surface area contributed by atoms with Crippen LogP contribution in [-0.2, 0) is 28.7 Å². The third-order valence-electron chi connectivity index (χ3n) is 4.95. The van der Waals surface area contributed by atoms with Crippen molar-refractivity contribution in [3.05, 3.63) is 0 Å². The molecule has 160 valence electrons. The molecule has 2 amide bonds. The molecule has 0 spiro atoms. The number of hydrogen-bond acceptors (Lipinski definition) is 7. The topological polar surface area (TPSA) is 90.0 Å². The fraction of sp³-hybridized carbons (Fsp3) is 0.800. The van der Waals surface area contributed by atoms with Gasteiger partial charge in [-0.3, -0.25) is 24.1 Å². The van der Waals surface area contributed by atoms with E-state index >= 15 is 0 Å².